The van der Waals surface area contributed by atoms with Crippen molar-refractivity contribution in [3.63, 3.8) is 0 Å². The van der Waals surface area contributed by atoms with Gasteiger partial charge in [-0.25, -0.2) is 0 Å². The van der Waals surface area contributed by atoms with Gasteiger partial charge in [-0.3, -0.25) is 0 Å². The zero-order chi connectivity index (χ0) is 7.07. The predicted octanol–water partition coefficient (Wildman–Crippen LogP) is -3.81. The summed E-state index contributed by atoms with van der Waals surface area (Å²) in [5.41, 5.74) is 0. The summed E-state index contributed by atoms with van der Waals surface area (Å²) < 4.78 is 25.3. The second-order valence-corrected chi connectivity index (χ2v) is 5.91. The van der Waals surface area contributed by atoms with Gasteiger partial charge in [-0.1, -0.05) is 0 Å². The third-order valence-electron chi connectivity index (χ3n) is 1.28. The predicted molar refractivity (Wildman–Crippen MR) is 27.6 cm³/mol. The van der Waals surface area contributed by atoms with Gasteiger partial charge in [-0.15, -0.1) is 0 Å². The van der Waals surface area contributed by atoms with Gasteiger partial charge >= 0.3 is 59.4 Å². The monoisotopic (exact) mass is 248 g/mol. The summed E-state index contributed by atoms with van der Waals surface area (Å²) in [5, 5.41) is 0. The van der Waals surface area contributed by atoms with Gasteiger partial charge in [-0.2, -0.15) is 0 Å². The molecule has 2 unspecified atom stereocenters. The van der Waals surface area contributed by atoms with Crippen LogP contribution in [0.25, 0.3) is 0 Å². The van der Waals surface area contributed by atoms with Crippen LogP contribution in [-0.2, 0) is 3.07 Å². The van der Waals surface area contributed by atoms with Crippen molar-refractivity contribution >= 4 is 0 Å². The van der Waals surface area contributed by atoms with Crippen molar-refractivity contribution in [2.45, 2.75) is 26.0 Å². The molecular formula is C4H11INO3-. The molecule has 9 heavy (non-hydrogen) atoms. The Balaban J connectivity index is 2.54. The second-order valence-electron chi connectivity index (χ2n) is 2.15. The maximum absolute atomic E-state index is 8.94. The molecule has 0 aliphatic carbocycles. The first kappa shape index (κ1) is 7.67. The molecule has 0 bridgehead atoms. The van der Waals surface area contributed by atoms with Crippen molar-refractivity contribution < 1.29 is 29.9 Å². The summed E-state index contributed by atoms with van der Waals surface area (Å²) in [5.74, 6) is 0. The molecule has 0 amide bonds. The molecule has 1 heterocycles. The topological polar surface area (TPSA) is 61.7 Å². The fraction of sp³-hybridized carbons (Fsp3) is 1.00. The molecule has 1 saturated heterocycles. The maximum atomic E-state index is 8.94. The van der Waals surface area contributed by atoms with Gasteiger partial charge < -0.3 is 0 Å². The molecule has 58 valence electrons. The SMILES string of the molecule is CC1N[I-](O)(O)OC1C. The Morgan fingerprint density at radius 1 is 1.44 bits per heavy atom. The quantitative estimate of drug-likeness (QED) is 0.304. The molecule has 1 fully saturated rings. The van der Waals surface area contributed by atoms with Crippen molar-refractivity contribution in [3.05, 3.63) is 0 Å². The Labute approximate surface area is 59.7 Å². The van der Waals surface area contributed by atoms with Crippen molar-refractivity contribution in [2.24, 2.45) is 0 Å². The van der Waals surface area contributed by atoms with Crippen LogP contribution in [0, 0.1) is 0 Å². The van der Waals surface area contributed by atoms with E-state index in [0.717, 1.165) is 0 Å². The summed E-state index contributed by atoms with van der Waals surface area (Å²) in [4.78, 5) is 0. The van der Waals surface area contributed by atoms with E-state index in [-0.39, 0.29) is 12.1 Å². The first-order chi connectivity index (χ1) is 4.01. The zero-order valence-corrected chi connectivity index (χ0v) is 7.49. The van der Waals surface area contributed by atoms with Crippen LogP contribution >= 0.6 is 0 Å². The summed E-state index contributed by atoms with van der Waals surface area (Å²) in [6.45, 7) is 3.68. The van der Waals surface area contributed by atoms with Crippen LogP contribution in [0.3, 0.4) is 0 Å². The van der Waals surface area contributed by atoms with E-state index in [0.29, 0.717) is 0 Å². The molecular weight excluding hydrogens is 237 g/mol. The summed E-state index contributed by atoms with van der Waals surface area (Å²) in [6.07, 6.45) is -0.0728. The molecule has 2 atom stereocenters. The Kier molecular flexibility index (Phi) is 1.97. The third kappa shape index (κ3) is 1.74. The first-order valence-electron chi connectivity index (χ1n) is 2.69. The molecule has 0 aromatic carbocycles. The standard InChI is InChI=1S/C4H11INO3/c1-3-4(2)9-5(7,8)6-3/h3-4,6-8H,1-2H3/q-1. The first-order valence-corrected chi connectivity index (χ1v) is 6.58. The third-order valence-corrected chi connectivity index (χ3v) is 4.59. The number of halogens is 1. The van der Waals surface area contributed by atoms with Crippen molar-refractivity contribution in [2.75, 3.05) is 0 Å². The fourth-order valence-corrected chi connectivity index (χ4v) is 4.10. The van der Waals surface area contributed by atoms with E-state index >= 15 is 0 Å². The van der Waals surface area contributed by atoms with Gasteiger partial charge in [-0.05, 0) is 0 Å². The van der Waals surface area contributed by atoms with Crippen LogP contribution in [0.5, 0.6) is 0 Å². The van der Waals surface area contributed by atoms with Crippen molar-refractivity contribution in [1.82, 2.24) is 3.53 Å². The van der Waals surface area contributed by atoms with E-state index in [1.165, 1.54) is 0 Å². The van der Waals surface area contributed by atoms with Crippen molar-refractivity contribution in [3.8, 4) is 0 Å². The zero-order valence-electron chi connectivity index (χ0n) is 5.34. The molecule has 0 saturated carbocycles. The molecule has 4 nitrogen and oxygen atoms in total. The van der Waals surface area contributed by atoms with E-state index in [1.807, 2.05) is 13.8 Å². The van der Waals surface area contributed by atoms with Crippen LogP contribution < -0.4 is 23.5 Å². The van der Waals surface area contributed by atoms with E-state index in [9.17, 15) is 0 Å². The number of nitrogens with one attached hydrogen (secondary N) is 1. The summed E-state index contributed by atoms with van der Waals surface area (Å²) >= 11 is -3.80. The van der Waals surface area contributed by atoms with Crippen LogP contribution in [0.4, 0.5) is 0 Å². The normalized spacial score (nSPS) is 44.9. The van der Waals surface area contributed by atoms with E-state index in [2.05, 4.69) is 3.53 Å². The van der Waals surface area contributed by atoms with Gasteiger partial charge in [0.15, 0.2) is 0 Å². The Morgan fingerprint density at radius 2 is 2.00 bits per heavy atom. The van der Waals surface area contributed by atoms with Gasteiger partial charge in [0, 0.05) is 0 Å². The molecule has 0 aromatic rings. The van der Waals surface area contributed by atoms with Crippen molar-refractivity contribution in [1.29, 1.82) is 0 Å². The average Bonchev–Trinajstić information content (AvgIpc) is 1.79. The molecule has 0 radical (unpaired) electrons. The molecule has 1 aliphatic rings. The fourth-order valence-electron chi connectivity index (χ4n) is 0.612. The number of hydrogen-bond donors (Lipinski definition) is 3. The van der Waals surface area contributed by atoms with Crippen LogP contribution in [0.15, 0.2) is 0 Å². The van der Waals surface area contributed by atoms with Gasteiger partial charge in [0.25, 0.3) is 0 Å². The minimum atomic E-state index is -3.80. The molecule has 0 aromatic heterocycles. The van der Waals surface area contributed by atoms with Gasteiger partial charge in [0.05, 0.1) is 0 Å². The Morgan fingerprint density at radius 3 is 2.11 bits per heavy atom. The van der Waals surface area contributed by atoms with E-state index < -0.39 is 20.0 Å². The second kappa shape index (κ2) is 2.31. The van der Waals surface area contributed by atoms with Crippen LogP contribution in [0.2, 0.25) is 0 Å². The number of rotatable bonds is 0. The summed E-state index contributed by atoms with van der Waals surface area (Å²) in [7, 11) is 0. The molecule has 5 heteroatoms. The minimum absolute atomic E-state index is 0.0661. The molecule has 1 rings (SSSR count). The average molecular weight is 248 g/mol. The van der Waals surface area contributed by atoms with E-state index in [4.69, 9.17) is 9.94 Å². The molecule has 0 spiro atoms. The Bertz CT molecular complexity index is 106. The summed E-state index contributed by atoms with van der Waals surface area (Å²) in [6, 6.07) is 0.0661. The van der Waals surface area contributed by atoms with Gasteiger partial charge in [0.2, 0.25) is 0 Å². The van der Waals surface area contributed by atoms with Crippen LogP contribution in [-0.4, -0.2) is 19.0 Å². The van der Waals surface area contributed by atoms with E-state index in [1.54, 1.807) is 0 Å². The van der Waals surface area contributed by atoms with Gasteiger partial charge in [0.1, 0.15) is 0 Å². The number of hydrogen-bond acceptors (Lipinski definition) is 4. The molecule has 3 N–H and O–H groups in total. The van der Waals surface area contributed by atoms with Crippen LogP contribution in [0.1, 0.15) is 13.8 Å². The Hall–Kier alpha value is 0.570. The molecule has 1 aliphatic heterocycles.